The Morgan fingerprint density at radius 1 is 1.16 bits per heavy atom. The SMILES string of the molecule is C=N.CN.N=C(OC(=O)c1ccc(OC(F)(F)F)cc1)c1cccs1. The molecule has 2 rings (SSSR count). The third-order valence-electron chi connectivity index (χ3n) is 2.26. The van der Waals surface area contributed by atoms with Crippen LogP contribution in [0, 0.1) is 10.8 Å². The first kappa shape index (κ1) is 22.3. The minimum absolute atomic E-state index is 0.0193. The fourth-order valence-corrected chi connectivity index (χ4v) is 2.01. The summed E-state index contributed by atoms with van der Waals surface area (Å²) in [5, 5.41) is 14.8. The van der Waals surface area contributed by atoms with Gasteiger partial charge in [-0.05, 0) is 49.5 Å². The number of hydrogen-bond donors (Lipinski definition) is 3. The molecule has 1 aromatic heterocycles. The molecule has 0 radical (unpaired) electrons. The maximum Gasteiger partial charge on any atom is 0.573 e. The number of halogens is 3. The van der Waals surface area contributed by atoms with Crippen LogP contribution in [0.5, 0.6) is 5.75 Å². The van der Waals surface area contributed by atoms with Crippen LogP contribution < -0.4 is 10.5 Å². The number of rotatable bonds is 3. The summed E-state index contributed by atoms with van der Waals surface area (Å²) >= 11 is 1.23. The average Bonchev–Trinajstić information content (AvgIpc) is 3.12. The Hall–Kier alpha value is -2.72. The van der Waals surface area contributed by atoms with Crippen molar-refractivity contribution in [2.75, 3.05) is 7.05 Å². The number of nitrogens with one attached hydrogen (secondary N) is 2. The van der Waals surface area contributed by atoms with Crippen molar-refractivity contribution in [3.63, 3.8) is 0 Å². The van der Waals surface area contributed by atoms with Gasteiger partial charge in [-0.3, -0.25) is 5.41 Å². The largest absolute Gasteiger partial charge is 0.573 e. The van der Waals surface area contributed by atoms with E-state index < -0.39 is 18.1 Å². The molecular weight excluding hydrogens is 359 g/mol. The molecule has 0 aliphatic rings. The normalized spacial score (nSPS) is 9.64. The molecule has 0 aliphatic heterocycles. The summed E-state index contributed by atoms with van der Waals surface area (Å²) in [6, 6.07) is 7.57. The zero-order valence-electron chi connectivity index (χ0n) is 13.1. The lowest BCUT2D eigenvalue weighted by atomic mass is 10.2. The van der Waals surface area contributed by atoms with Crippen LogP contribution in [0.15, 0.2) is 41.8 Å². The second kappa shape index (κ2) is 10.9. The summed E-state index contributed by atoms with van der Waals surface area (Å²) in [5.74, 6) is -1.58. The van der Waals surface area contributed by atoms with Crippen molar-refractivity contribution in [3.05, 3.63) is 52.2 Å². The number of benzene rings is 1. The molecule has 0 bridgehead atoms. The van der Waals surface area contributed by atoms with Gasteiger partial charge in [-0.15, -0.1) is 24.5 Å². The Bertz CT molecular complexity index is 659. The number of thiophene rings is 1. The Balaban J connectivity index is 0.00000134. The second-order valence-corrected chi connectivity index (χ2v) is 4.72. The molecule has 6 nitrogen and oxygen atoms in total. The molecule has 1 heterocycles. The predicted octanol–water partition coefficient (Wildman–Crippen LogP) is 3.67. The van der Waals surface area contributed by atoms with Crippen molar-refractivity contribution in [1.29, 1.82) is 10.8 Å². The second-order valence-electron chi connectivity index (χ2n) is 3.77. The minimum atomic E-state index is -4.79. The van der Waals surface area contributed by atoms with E-state index >= 15 is 0 Å². The molecule has 136 valence electrons. The van der Waals surface area contributed by atoms with Crippen LogP contribution in [0.3, 0.4) is 0 Å². The van der Waals surface area contributed by atoms with Gasteiger partial charge in [0.25, 0.3) is 0 Å². The minimum Gasteiger partial charge on any atom is -0.406 e. The van der Waals surface area contributed by atoms with Gasteiger partial charge < -0.3 is 20.6 Å². The third-order valence-corrected chi connectivity index (χ3v) is 3.13. The fraction of sp³-hybridized carbons (Fsp3) is 0.133. The van der Waals surface area contributed by atoms with Crippen LogP contribution in [0.2, 0.25) is 0 Å². The van der Waals surface area contributed by atoms with Crippen molar-refractivity contribution < 1.29 is 27.4 Å². The van der Waals surface area contributed by atoms with Crippen LogP contribution in [-0.4, -0.2) is 32.0 Å². The van der Waals surface area contributed by atoms with E-state index in [0.29, 0.717) is 4.88 Å². The lowest BCUT2D eigenvalue weighted by Crippen LogP contribution is -2.17. The Kier molecular flexibility index (Phi) is 9.75. The monoisotopic (exact) mass is 375 g/mol. The molecule has 1 aromatic carbocycles. The van der Waals surface area contributed by atoms with E-state index in [-0.39, 0.29) is 11.5 Å². The van der Waals surface area contributed by atoms with Crippen LogP contribution in [0.1, 0.15) is 15.2 Å². The highest BCUT2D eigenvalue weighted by Gasteiger charge is 2.31. The number of carbonyl (C=O) groups excluding carboxylic acids is 1. The van der Waals surface area contributed by atoms with E-state index in [2.05, 4.69) is 17.2 Å². The van der Waals surface area contributed by atoms with E-state index in [1.165, 1.54) is 18.4 Å². The summed E-state index contributed by atoms with van der Waals surface area (Å²) in [6.45, 7) is 2.50. The highest BCUT2D eigenvalue weighted by Crippen LogP contribution is 2.23. The highest BCUT2D eigenvalue weighted by molar-refractivity contribution is 7.12. The first-order valence-corrected chi connectivity index (χ1v) is 7.36. The summed E-state index contributed by atoms with van der Waals surface area (Å²) in [6.07, 6.45) is -4.79. The van der Waals surface area contributed by atoms with Crippen molar-refractivity contribution in [3.8, 4) is 5.75 Å². The highest BCUT2D eigenvalue weighted by atomic mass is 32.1. The number of nitrogens with two attached hydrogens (primary N) is 1. The predicted molar refractivity (Wildman–Crippen MR) is 89.6 cm³/mol. The topological polar surface area (TPSA) is 109 Å². The van der Waals surface area contributed by atoms with Gasteiger partial charge in [0.15, 0.2) is 0 Å². The van der Waals surface area contributed by atoms with E-state index in [1.54, 1.807) is 17.5 Å². The molecule has 0 amide bonds. The number of hydrogen-bond acceptors (Lipinski definition) is 7. The van der Waals surface area contributed by atoms with Gasteiger partial charge in [-0.1, -0.05) is 6.07 Å². The maximum atomic E-state index is 12.0. The van der Waals surface area contributed by atoms with E-state index in [1.807, 2.05) is 0 Å². The van der Waals surface area contributed by atoms with Gasteiger partial charge in [0.1, 0.15) is 5.75 Å². The van der Waals surface area contributed by atoms with Crippen molar-refractivity contribution >= 4 is 29.9 Å². The third kappa shape index (κ3) is 8.08. The number of carbonyl (C=O) groups is 1. The molecule has 0 atom stereocenters. The average molecular weight is 375 g/mol. The molecular formula is C15H16F3N3O3S. The molecule has 0 saturated heterocycles. The van der Waals surface area contributed by atoms with Gasteiger partial charge in [0.2, 0.25) is 5.90 Å². The summed E-state index contributed by atoms with van der Waals surface area (Å²) in [5.41, 5.74) is 4.52. The zero-order chi connectivity index (χ0) is 19.5. The molecule has 0 unspecified atom stereocenters. The summed E-state index contributed by atoms with van der Waals surface area (Å²) < 4.78 is 44.5. The Morgan fingerprint density at radius 2 is 1.72 bits per heavy atom. The van der Waals surface area contributed by atoms with Gasteiger partial charge in [0.05, 0.1) is 10.4 Å². The first-order chi connectivity index (χ1) is 11.8. The van der Waals surface area contributed by atoms with Crippen LogP contribution in [-0.2, 0) is 4.74 Å². The molecule has 25 heavy (non-hydrogen) atoms. The van der Waals surface area contributed by atoms with Gasteiger partial charge >= 0.3 is 12.3 Å². The molecule has 0 spiro atoms. The van der Waals surface area contributed by atoms with Crippen molar-refractivity contribution in [2.45, 2.75) is 6.36 Å². The first-order valence-electron chi connectivity index (χ1n) is 6.49. The van der Waals surface area contributed by atoms with Crippen LogP contribution in [0.4, 0.5) is 13.2 Å². The zero-order valence-corrected chi connectivity index (χ0v) is 13.9. The van der Waals surface area contributed by atoms with Crippen LogP contribution >= 0.6 is 11.3 Å². The standard InChI is InChI=1S/C13H8F3NO3S.CH5N.CH3N/c14-13(15,16)20-9-5-3-8(4-6-9)12(18)19-11(17)10-2-1-7-21-10;2*1-2/h1-7,17H;2H2,1H3;2H,1H2. The van der Waals surface area contributed by atoms with E-state index in [4.69, 9.17) is 15.6 Å². The molecule has 0 saturated carbocycles. The van der Waals surface area contributed by atoms with Gasteiger partial charge in [0, 0.05) is 0 Å². The Labute approximate surface area is 146 Å². The van der Waals surface area contributed by atoms with Crippen molar-refractivity contribution in [1.82, 2.24) is 0 Å². The molecule has 2 aromatic rings. The fourth-order valence-electron chi connectivity index (χ4n) is 1.40. The Morgan fingerprint density at radius 3 is 2.16 bits per heavy atom. The molecule has 0 aliphatic carbocycles. The van der Waals surface area contributed by atoms with Gasteiger partial charge in [-0.25, -0.2) is 4.79 Å². The van der Waals surface area contributed by atoms with Gasteiger partial charge in [-0.2, -0.15) is 0 Å². The summed E-state index contributed by atoms with van der Waals surface area (Å²) in [7, 11) is 1.50. The molecule has 4 N–H and O–H groups in total. The van der Waals surface area contributed by atoms with E-state index in [9.17, 15) is 18.0 Å². The number of esters is 1. The maximum absolute atomic E-state index is 12.0. The van der Waals surface area contributed by atoms with Crippen LogP contribution in [0.25, 0.3) is 0 Å². The number of ether oxygens (including phenoxy) is 2. The summed E-state index contributed by atoms with van der Waals surface area (Å²) in [4.78, 5) is 12.2. The lowest BCUT2D eigenvalue weighted by molar-refractivity contribution is -0.274. The van der Waals surface area contributed by atoms with Crippen molar-refractivity contribution in [2.24, 2.45) is 5.73 Å². The quantitative estimate of drug-likeness (QED) is 0.432. The number of alkyl halides is 3. The molecule has 0 fully saturated rings. The molecule has 10 heteroatoms. The smallest absolute Gasteiger partial charge is 0.406 e. The van der Waals surface area contributed by atoms with E-state index in [0.717, 1.165) is 24.3 Å². The lowest BCUT2D eigenvalue weighted by Gasteiger charge is -2.09.